The number of amides is 1. The summed E-state index contributed by atoms with van der Waals surface area (Å²) in [6.45, 7) is 10.7. The minimum absolute atomic E-state index is 0.250. The number of carbonyl (C=O) groups excluding carboxylic acids is 1. The molecule has 0 spiro atoms. The summed E-state index contributed by atoms with van der Waals surface area (Å²) in [5, 5.41) is 3.67. The van der Waals surface area contributed by atoms with Crippen molar-refractivity contribution in [1.29, 1.82) is 0 Å². The highest BCUT2D eigenvalue weighted by molar-refractivity contribution is 5.81. The van der Waals surface area contributed by atoms with Crippen LogP contribution in [0, 0.1) is 11.3 Å². The lowest BCUT2D eigenvalue weighted by molar-refractivity contribution is -0.140. The molecule has 0 bridgehead atoms. The molecule has 0 saturated carbocycles. The molecule has 0 aliphatic carbocycles. The molecule has 20 heavy (non-hydrogen) atoms. The van der Waals surface area contributed by atoms with E-state index in [9.17, 15) is 4.79 Å². The number of carbonyl (C=O) groups is 1. The zero-order chi connectivity index (χ0) is 14.6. The van der Waals surface area contributed by atoms with Gasteiger partial charge in [-0.2, -0.15) is 0 Å². The Labute approximate surface area is 123 Å². The Morgan fingerprint density at radius 3 is 2.50 bits per heavy atom. The van der Waals surface area contributed by atoms with Crippen molar-refractivity contribution in [3.8, 4) is 0 Å². The molecule has 2 rings (SSSR count). The molecule has 0 aromatic rings. The first-order valence-electron chi connectivity index (χ1n) is 8.07. The summed E-state index contributed by atoms with van der Waals surface area (Å²) in [5.41, 5.74) is -0.250. The van der Waals surface area contributed by atoms with Gasteiger partial charge in [0.1, 0.15) is 0 Å². The van der Waals surface area contributed by atoms with E-state index >= 15 is 0 Å². The smallest absolute Gasteiger partial charge is 0.227 e. The maximum atomic E-state index is 12.2. The predicted octanol–water partition coefficient (Wildman–Crippen LogP) is 2.04. The van der Waals surface area contributed by atoms with Gasteiger partial charge in [0.05, 0.1) is 6.61 Å². The number of ether oxygens (including phenoxy) is 1. The number of hydrogen-bond donors (Lipinski definition) is 1. The molecule has 2 heterocycles. The molecule has 1 N–H and O–H groups in total. The Balaban J connectivity index is 1.67. The highest BCUT2D eigenvalue weighted by atomic mass is 16.5. The van der Waals surface area contributed by atoms with Crippen LogP contribution in [-0.4, -0.2) is 49.7 Å². The van der Waals surface area contributed by atoms with Gasteiger partial charge in [0.15, 0.2) is 0 Å². The van der Waals surface area contributed by atoms with E-state index in [0.29, 0.717) is 12.0 Å². The van der Waals surface area contributed by atoms with Crippen molar-refractivity contribution < 1.29 is 9.53 Å². The first kappa shape index (κ1) is 15.8. The Morgan fingerprint density at radius 2 is 1.95 bits per heavy atom. The summed E-state index contributed by atoms with van der Waals surface area (Å²) in [6, 6.07) is 0.570. The van der Waals surface area contributed by atoms with Gasteiger partial charge in [0.2, 0.25) is 5.91 Å². The van der Waals surface area contributed by atoms with Crippen LogP contribution in [0.25, 0.3) is 0 Å². The zero-order valence-electron chi connectivity index (χ0n) is 13.3. The van der Waals surface area contributed by atoms with Crippen LogP contribution in [-0.2, 0) is 9.53 Å². The molecular formula is C16H30N2O2. The summed E-state index contributed by atoms with van der Waals surface area (Å²) in [4.78, 5) is 14.3. The normalized spacial score (nSPS) is 25.8. The molecule has 0 aromatic heterocycles. The summed E-state index contributed by atoms with van der Waals surface area (Å²) in [7, 11) is 0. The van der Waals surface area contributed by atoms with Crippen LogP contribution < -0.4 is 5.32 Å². The fourth-order valence-corrected chi connectivity index (χ4v) is 3.06. The number of nitrogens with zero attached hydrogens (tertiary/aromatic N) is 1. The minimum Gasteiger partial charge on any atom is -0.381 e. The van der Waals surface area contributed by atoms with E-state index in [1.54, 1.807) is 0 Å². The molecule has 2 saturated heterocycles. The van der Waals surface area contributed by atoms with Crippen LogP contribution in [0.1, 0.15) is 46.5 Å². The van der Waals surface area contributed by atoms with Crippen LogP contribution in [0.2, 0.25) is 0 Å². The number of rotatable bonds is 3. The van der Waals surface area contributed by atoms with E-state index in [4.69, 9.17) is 4.74 Å². The molecule has 0 radical (unpaired) electrons. The van der Waals surface area contributed by atoms with E-state index in [0.717, 1.165) is 45.7 Å². The Bertz CT molecular complexity index is 311. The lowest BCUT2D eigenvalue weighted by Crippen LogP contribution is -2.49. The standard InChI is InChI=1S/C16H30N2O2/c1-16(2,3)15(19)18-8-6-14(7-9-18)17-11-13-5-4-10-20-12-13/h13-14,17H,4-12H2,1-3H3. The van der Waals surface area contributed by atoms with Crippen LogP contribution >= 0.6 is 0 Å². The van der Waals surface area contributed by atoms with Gasteiger partial charge in [0.25, 0.3) is 0 Å². The molecule has 2 fully saturated rings. The Kier molecular flexibility index (Phi) is 5.44. The maximum absolute atomic E-state index is 12.2. The van der Waals surface area contributed by atoms with Gasteiger partial charge in [-0.1, -0.05) is 20.8 Å². The topological polar surface area (TPSA) is 41.6 Å². The van der Waals surface area contributed by atoms with Gasteiger partial charge in [-0.3, -0.25) is 4.79 Å². The minimum atomic E-state index is -0.250. The highest BCUT2D eigenvalue weighted by Gasteiger charge is 2.30. The fourth-order valence-electron chi connectivity index (χ4n) is 3.06. The summed E-state index contributed by atoms with van der Waals surface area (Å²) >= 11 is 0. The number of hydrogen-bond acceptors (Lipinski definition) is 3. The van der Waals surface area contributed by atoms with Crippen LogP contribution in [0.3, 0.4) is 0 Å². The van der Waals surface area contributed by atoms with Crippen molar-refractivity contribution in [1.82, 2.24) is 10.2 Å². The van der Waals surface area contributed by atoms with Crippen LogP contribution in [0.5, 0.6) is 0 Å². The first-order chi connectivity index (χ1) is 9.47. The summed E-state index contributed by atoms with van der Waals surface area (Å²) < 4.78 is 5.52. The monoisotopic (exact) mass is 282 g/mol. The van der Waals surface area contributed by atoms with Crippen molar-refractivity contribution in [2.75, 3.05) is 32.8 Å². The molecule has 2 aliphatic heterocycles. The second-order valence-corrected chi connectivity index (χ2v) is 7.31. The third-order valence-corrected chi connectivity index (χ3v) is 4.37. The molecule has 2 aliphatic rings. The maximum Gasteiger partial charge on any atom is 0.227 e. The Hall–Kier alpha value is -0.610. The SMILES string of the molecule is CC(C)(C)C(=O)N1CCC(NCC2CCCOC2)CC1. The first-order valence-corrected chi connectivity index (χ1v) is 8.07. The third kappa shape index (κ3) is 4.45. The molecule has 116 valence electrons. The van der Waals surface area contributed by atoms with Gasteiger partial charge in [-0.05, 0) is 31.6 Å². The zero-order valence-corrected chi connectivity index (χ0v) is 13.3. The van der Waals surface area contributed by atoms with E-state index in [-0.39, 0.29) is 11.3 Å². The van der Waals surface area contributed by atoms with Crippen molar-refractivity contribution in [3.63, 3.8) is 0 Å². The number of nitrogens with one attached hydrogen (secondary N) is 1. The van der Waals surface area contributed by atoms with E-state index in [1.165, 1.54) is 12.8 Å². The van der Waals surface area contributed by atoms with Crippen molar-refractivity contribution >= 4 is 5.91 Å². The number of piperidine rings is 1. The van der Waals surface area contributed by atoms with Gasteiger partial charge < -0.3 is 15.0 Å². The van der Waals surface area contributed by atoms with Gasteiger partial charge >= 0.3 is 0 Å². The van der Waals surface area contributed by atoms with Crippen molar-refractivity contribution in [2.24, 2.45) is 11.3 Å². The van der Waals surface area contributed by atoms with Crippen LogP contribution in [0.4, 0.5) is 0 Å². The molecule has 1 amide bonds. The number of likely N-dealkylation sites (tertiary alicyclic amines) is 1. The second-order valence-electron chi connectivity index (χ2n) is 7.31. The van der Waals surface area contributed by atoms with Gasteiger partial charge in [-0.25, -0.2) is 0 Å². The summed E-state index contributed by atoms with van der Waals surface area (Å²) in [6.07, 6.45) is 4.64. The summed E-state index contributed by atoms with van der Waals surface area (Å²) in [5.74, 6) is 0.967. The molecular weight excluding hydrogens is 252 g/mol. The average Bonchev–Trinajstić information content (AvgIpc) is 2.45. The van der Waals surface area contributed by atoms with Gasteiger partial charge in [0, 0.05) is 37.7 Å². The van der Waals surface area contributed by atoms with Gasteiger partial charge in [-0.15, -0.1) is 0 Å². The van der Waals surface area contributed by atoms with Crippen molar-refractivity contribution in [3.05, 3.63) is 0 Å². The third-order valence-electron chi connectivity index (χ3n) is 4.37. The second kappa shape index (κ2) is 6.90. The van der Waals surface area contributed by atoms with E-state index in [2.05, 4.69) is 5.32 Å². The molecule has 1 atom stereocenters. The lowest BCUT2D eigenvalue weighted by Gasteiger charge is -2.36. The quantitative estimate of drug-likeness (QED) is 0.861. The van der Waals surface area contributed by atoms with Crippen molar-refractivity contribution in [2.45, 2.75) is 52.5 Å². The van der Waals surface area contributed by atoms with Crippen LogP contribution in [0.15, 0.2) is 0 Å². The molecule has 4 heteroatoms. The average molecular weight is 282 g/mol. The molecule has 1 unspecified atom stereocenters. The molecule has 4 nitrogen and oxygen atoms in total. The lowest BCUT2D eigenvalue weighted by atomic mass is 9.93. The largest absolute Gasteiger partial charge is 0.381 e. The molecule has 0 aromatic carbocycles. The predicted molar refractivity (Wildman–Crippen MR) is 80.6 cm³/mol. The van der Waals surface area contributed by atoms with E-state index < -0.39 is 0 Å². The highest BCUT2D eigenvalue weighted by Crippen LogP contribution is 2.21. The van der Waals surface area contributed by atoms with E-state index in [1.807, 2.05) is 25.7 Å². The fraction of sp³-hybridized carbons (Fsp3) is 0.938. The Morgan fingerprint density at radius 1 is 1.25 bits per heavy atom.